The number of amides is 1. The average molecular weight is 264 g/mol. The van der Waals surface area contributed by atoms with Crippen LogP contribution in [0.15, 0.2) is 24.3 Å². The van der Waals surface area contributed by atoms with Gasteiger partial charge in [-0.3, -0.25) is 10.2 Å². The smallest absolute Gasteiger partial charge is 0.272 e. The summed E-state index contributed by atoms with van der Waals surface area (Å²) < 4.78 is 10.5. The lowest BCUT2D eigenvalue weighted by Gasteiger charge is -2.26. The number of methoxy groups -OCH3 is 1. The van der Waals surface area contributed by atoms with Gasteiger partial charge in [-0.25, -0.2) is 5.01 Å². The summed E-state index contributed by atoms with van der Waals surface area (Å²) in [7, 11) is 1.61. The van der Waals surface area contributed by atoms with Crippen molar-refractivity contribution in [3.05, 3.63) is 24.3 Å². The van der Waals surface area contributed by atoms with Gasteiger partial charge >= 0.3 is 0 Å². The fraction of sp³-hybridized carbons (Fsp3) is 0.500. The number of nitrogens with one attached hydrogen (secondary N) is 1. The molecule has 5 nitrogen and oxygen atoms in total. The topological polar surface area (TPSA) is 50.8 Å². The summed E-state index contributed by atoms with van der Waals surface area (Å²) >= 11 is 0. The molecular formula is C14H20N2O3. The lowest BCUT2D eigenvalue weighted by Crippen LogP contribution is -2.46. The molecule has 2 rings (SSSR count). The molecule has 0 aromatic heterocycles. The van der Waals surface area contributed by atoms with Crippen LogP contribution in [0.4, 0.5) is 0 Å². The molecule has 104 valence electrons. The lowest BCUT2D eigenvalue weighted by atomic mass is 10.2. The van der Waals surface area contributed by atoms with Crippen LogP contribution in [-0.2, 0) is 4.79 Å². The minimum atomic E-state index is -0.113. The maximum absolute atomic E-state index is 11.7. The number of hydrazine groups is 1. The highest BCUT2D eigenvalue weighted by atomic mass is 16.5. The number of piperidine rings is 1. The van der Waals surface area contributed by atoms with E-state index in [0.717, 1.165) is 31.7 Å². The van der Waals surface area contributed by atoms with Gasteiger partial charge in [0.25, 0.3) is 5.91 Å². The number of benzene rings is 1. The Kier molecular flexibility index (Phi) is 5.03. The Bertz CT molecular complexity index is 400. The van der Waals surface area contributed by atoms with Gasteiger partial charge in [0.1, 0.15) is 11.5 Å². The van der Waals surface area contributed by atoms with Crippen molar-refractivity contribution in [2.75, 3.05) is 26.8 Å². The summed E-state index contributed by atoms with van der Waals surface area (Å²) in [5.41, 5.74) is 2.86. The maximum atomic E-state index is 11.7. The van der Waals surface area contributed by atoms with Crippen molar-refractivity contribution in [1.29, 1.82) is 0 Å². The predicted octanol–water partition coefficient (Wildman–Crippen LogP) is 1.59. The van der Waals surface area contributed by atoms with Crippen LogP contribution in [0, 0.1) is 0 Å². The van der Waals surface area contributed by atoms with Gasteiger partial charge in [0.05, 0.1) is 7.11 Å². The van der Waals surface area contributed by atoms with Crippen LogP contribution in [0.2, 0.25) is 0 Å². The van der Waals surface area contributed by atoms with Crippen molar-refractivity contribution in [1.82, 2.24) is 10.4 Å². The third-order valence-corrected chi connectivity index (χ3v) is 3.07. The van der Waals surface area contributed by atoms with Crippen molar-refractivity contribution in [2.24, 2.45) is 0 Å². The second kappa shape index (κ2) is 6.99. The van der Waals surface area contributed by atoms with Gasteiger partial charge in [0.2, 0.25) is 0 Å². The van der Waals surface area contributed by atoms with Gasteiger partial charge in [0.15, 0.2) is 6.61 Å². The maximum Gasteiger partial charge on any atom is 0.272 e. The Morgan fingerprint density at radius 2 is 1.79 bits per heavy atom. The molecule has 1 amide bonds. The molecule has 1 aliphatic heterocycles. The molecule has 1 heterocycles. The fourth-order valence-electron chi connectivity index (χ4n) is 2.04. The SMILES string of the molecule is COc1ccc(OCC(=O)NN2CCCCC2)cc1. The molecule has 0 radical (unpaired) electrons. The van der Waals surface area contributed by atoms with Gasteiger partial charge < -0.3 is 9.47 Å². The van der Waals surface area contributed by atoms with Gasteiger partial charge in [-0.2, -0.15) is 0 Å². The first-order chi connectivity index (χ1) is 9.28. The summed E-state index contributed by atoms with van der Waals surface area (Å²) in [6, 6.07) is 7.18. The first-order valence-corrected chi connectivity index (χ1v) is 6.59. The van der Waals surface area contributed by atoms with Crippen LogP contribution in [0.3, 0.4) is 0 Å². The number of nitrogens with zero attached hydrogens (tertiary/aromatic N) is 1. The number of hydrogen-bond acceptors (Lipinski definition) is 4. The minimum Gasteiger partial charge on any atom is -0.497 e. The van der Waals surface area contributed by atoms with E-state index < -0.39 is 0 Å². The Morgan fingerprint density at radius 3 is 2.42 bits per heavy atom. The number of rotatable bonds is 5. The molecule has 0 saturated carbocycles. The highest BCUT2D eigenvalue weighted by Gasteiger charge is 2.12. The van der Waals surface area contributed by atoms with Gasteiger partial charge in [0, 0.05) is 13.1 Å². The second-order valence-electron chi connectivity index (χ2n) is 4.55. The van der Waals surface area contributed by atoms with E-state index in [1.807, 2.05) is 5.01 Å². The van der Waals surface area contributed by atoms with Crippen molar-refractivity contribution in [3.8, 4) is 11.5 Å². The zero-order valence-corrected chi connectivity index (χ0v) is 11.2. The van der Waals surface area contributed by atoms with Gasteiger partial charge in [-0.05, 0) is 37.1 Å². The summed E-state index contributed by atoms with van der Waals surface area (Å²) in [6.07, 6.45) is 3.52. The van der Waals surface area contributed by atoms with E-state index in [1.165, 1.54) is 6.42 Å². The molecule has 1 saturated heterocycles. The van der Waals surface area contributed by atoms with E-state index in [2.05, 4.69) is 5.43 Å². The van der Waals surface area contributed by atoms with Crippen LogP contribution in [0.1, 0.15) is 19.3 Å². The normalized spacial score (nSPS) is 15.8. The molecule has 0 aliphatic carbocycles. The largest absolute Gasteiger partial charge is 0.497 e. The first kappa shape index (κ1) is 13.7. The molecule has 5 heteroatoms. The van der Waals surface area contributed by atoms with E-state index in [0.29, 0.717) is 5.75 Å². The molecule has 0 bridgehead atoms. The molecule has 1 aliphatic rings. The van der Waals surface area contributed by atoms with Crippen LogP contribution < -0.4 is 14.9 Å². The Hall–Kier alpha value is -1.75. The summed E-state index contributed by atoms with van der Waals surface area (Å²) in [5.74, 6) is 1.32. The quantitative estimate of drug-likeness (QED) is 0.877. The molecular weight excluding hydrogens is 244 g/mol. The van der Waals surface area contributed by atoms with E-state index >= 15 is 0 Å². The number of carbonyl (C=O) groups excluding carboxylic acids is 1. The molecule has 1 aromatic carbocycles. The minimum absolute atomic E-state index is 0.0306. The Labute approximate surface area is 113 Å². The second-order valence-corrected chi connectivity index (χ2v) is 4.55. The predicted molar refractivity (Wildman–Crippen MR) is 72.1 cm³/mol. The van der Waals surface area contributed by atoms with Gasteiger partial charge in [-0.1, -0.05) is 6.42 Å². The van der Waals surface area contributed by atoms with Crippen molar-refractivity contribution in [3.63, 3.8) is 0 Å². The first-order valence-electron chi connectivity index (χ1n) is 6.59. The summed E-state index contributed by atoms with van der Waals surface area (Å²) in [4.78, 5) is 11.7. The van der Waals surface area contributed by atoms with Crippen LogP contribution in [-0.4, -0.2) is 37.7 Å². The molecule has 1 aromatic rings. The van der Waals surface area contributed by atoms with Gasteiger partial charge in [-0.15, -0.1) is 0 Å². The highest BCUT2D eigenvalue weighted by molar-refractivity contribution is 5.77. The third-order valence-electron chi connectivity index (χ3n) is 3.07. The van der Waals surface area contributed by atoms with E-state index in [4.69, 9.17) is 9.47 Å². The molecule has 1 fully saturated rings. The Balaban J connectivity index is 1.72. The van der Waals surface area contributed by atoms with Crippen LogP contribution in [0.5, 0.6) is 11.5 Å². The number of ether oxygens (including phenoxy) is 2. The van der Waals surface area contributed by atoms with E-state index in [1.54, 1.807) is 31.4 Å². The summed E-state index contributed by atoms with van der Waals surface area (Å²) in [5, 5.41) is 1.96. The zero-order valence-electron chi connectivity index (χ0n) is 11.2. The third kappa shape index (κ3) is 4.44. The van der Waals surface area contributed by atoms with E-state index in [-0.39, 0.29) is 12.5 Å². The molecule has 0 atom stereocenters. The van der Waals surface area contributed by atoms with Crippen molar-refractivity contribution in [2.45, 2.75) is 19.3 Å². The molecule has 1 N–H and O–H groups in total. The van der Waals surface area contributed by atoms with Crippen molar-refractivity contribution < 1.29 is 14.3 Å². The lowest BCUT2D eigenvalue weighted by molar-refractivity contribution is -0.128. The molecule has 0 unspecified atom stereocenters. The van der Waals surface area contributed by atoms with Crippen molar-refractivity contribution >= 4 is 5.91 Å². The van der Waals surface area contributed by atoms with Crippen LogP contribution in [0.25, 0.3) is 0 Å². The zero-order chi connectivity index (χ0) is 13.5. The average Bonchev–Trinajstić information content (AvgIpc) is 2.47. The van der Waals surface area contributed by atoms with Crippen LogP contribution >= 0.6 is 0 Å². The molecule has 0 spiro atoms. The highest BCUT2D eigenvalue weighted by Crippen LogP contribution is 2.16. The Morgan fingerprint density at radius 1 is 1.16 bits per heavy atom. The number of carbonyl (C=O) groups is 1. The summed E-state index contributed by atoms with van der Waals surface area (Å²) in [6.45, 7) is 1.88. The standard InChI is InChI=1S/C14H20N2O3/c1-18-12-5-7-13(8-6-12)19-11-14(17)15-16-9-3-2-4-10-16/h5-8H,2-4,9-11H2,1H3,(H,15,17). The monoisotopic (exact) mass is 264 g/mol. The fourth-order valence-corrected chi connectivity index (χ4v) is 2.04. The number of hydrogen-bond donors (Lipinski definition) is 1. The van der Waals surface area contributed by atoms with E-state index in [9.17, 15) is 4.79 Å². The molecule has 19 heavy (non-hydrogen) atoms.